The number of carbonyl (C=O) groups excluding carboxylic acids is 1. The molecule has 1 heterocycles. The van der Waals surface area contributed by atoms with Crippen LogP contribution in [-0.4, -0.2) is 23.4 Å². The highest BCUT2D eigenvalue weighted by molar-refractivity contribution is 5.85. The van der Waals surface area contributed by atoms with Gasteiger partial charge in [0.15, 0.2) is 0 Å². The van der Waals surface area contributed by atoms with Gasteiger partial charge in [-0.25, -0.2) is 0 Å². The van der Waals surface area contributed by atoms with Gasteiger partial charge in [0.1, 0.15) is 0 Å². The van der Waals surface area contributed by atoms with E-state index in [-0.39, 0.29) is 36.8 Å². The average Bonchev–Trinajstić information content (AvgIpc) is 2.69. The maximum absolute atomic E-state index is 12.4. The molecule has 1 amide bonds. The second kappa shape index (κ2) is 12.9. The number of nitrogens with two attached hydrogens (primary N) is 1. The molecule has 0 spiro atoms. The van der Waals surface area contributed by atoms with Crippen LogP contribution in [0.15, 0.2) is 54.6 Å². The van der Waals surface area contributed by atoms with Crippen molar-refractivity contribution in [3.63, 3.8) is 0 Å². The molecule has 2 atom stereocenters. The molecule has 0 saturated carbocycles. The summed E-state index contributed by atoms with van der Waals surface area (Å²) in [5.74, 6) is -0.00695. The van der Waals surface area contributed by atoms with Crippen LogP contribution >= 0.6 is 24.8 Å². The summed E-state index contributed by atoms with van der Waals surface area (Å²) in [5.41, 5.74) is 9.66. The SMILES string of the molecule is CC1CCCCN1Cc1ccccc1CNC(=O)CC(N)c1ccccc1.Cl.Cl. The van der Waals surface area contributed by atoms with E-state index in [0.717, 1.165) is 18.7 Å². The third kappa shape index (κ3) is 7.63. The molecular formula is C23H33Cl2N3O. The lowest BCUT2D eigenvalue weighted by molar-refractivity contribution is -0.121. The number of hydrogen-bond acceptors (Lipinski definition) is 3. The fraction of sp³-hybridized carbons (Fsp3) is 0.435. The molecule has 2 aromatic rings. The number of carbonyl (C=O) groups is 1. The molecular weight excluding hydrogens is 405 g/mol. The van der Waals surface area contributed by atoms with Crippen molar-refractivity contribution < 1.29 is 4.79 Å². The first-order valence-corrected chi connectivity index (χ1v) is 10.0. The maximum Gasteiger partial charge on any atom is 0.222 e. The van der Waals surface area contributed by atoms with E-state index in [1.54, 1.807) is 0 Å². The lowest BCUT2D eigenvalue weighted by Crippen LogP contribution is -2.37. The quantitative estimate of drug-likeness (QED) is 0.664. The number of likely N-dealkylation sites (tertiary alicyclic amines) is 1. The van der Waals surface area contributed by atoms with Crippen molar-refractivity contribution in [2.24, 2.45) is 5.73 Å². The molecule has 0 bridgehead atoms. The molecule has 4 nitrogen and oxygen atoms in total. The summed E-state index contributed by atoms with van der Waals surface area (Å²) < 4.78 is 0. The first-order chi connectivity index (χ1) is 13.1. The fourth-order valence-electron chi connectivity index (χ4n) is 3.78. The first-order valence-electron chi connectivity index (χ1n) is 10.0. The van der Waals surface area contributed by atoms with E-state index < -0.39 is 0 Å². The minimum absolute atomic E-state index is 0. The Hall–Kier alpha value is -1.59. The summed E-state index contributed by atoms with van der Waals surface area (Å²) in [6.07, 6.45) is 4.18. The van der Waals surface area contributed by atoms with Crippen molar-refractivity contribution in [1.82, 2.24) is 10.2 Å². The van der Waals surface area contributed by atoms with E-state index in [9.17, 15) is 4.79 Å². The molecule has 0 aromatic heterocycles. The molecule has 160 valence electrons. The number of halogens is 2. The molecule has 1 aliphatic rings. The molecule has 0 aliphatic carbocycles. The van der Waals surface area contributed by atoms with Crippen molar-refractivity contribution in [3.8, 4) is 0 Å². The zero-order valence-corrected chi connectivity index (χ0v) is 18.7. The van der Waals surface area contributed by atoms with Gasteiger partial charge in [0, 0.05) is 31.6 Å². The van der Waals surface area contributed by atoms with Crippen LogP contribution in [0.1, 0.15) is 55.3 Å². The van der Waals surface area contributed by atoms with E-state index in [0.29, 0.717) is 19.0 Å². The summed E-state index contributed by atoms with van der Waals surface area (Å²) in [5, 5.41) is 3.05. The van der Waals surface area contributed by atoms with E-state index in [1.165, 1.54) is 30.4 Å². The van der Waals surface area contributed by atoms with Gasteiger partial charge in [0.25, 0.3) is 0 Å². The zero-order chi connectivity index (χ0) is 19.1. The Morgan fingerprint density at radius 3 is 2.41 bits per heavy atom. The van der Waals surface area contributed by atoms with Crippen molar-refractivity contribution in [2.45, 2.75) is 57.8 Å². The van der Waals surface area contributed by atoms with Gasteiger partial charge in [0.05, 0.1) is 0 Å². The van der Waals surface area contributed by atoms with E-state index in [4.69, 9.17) is 5.73 Å². The number of hydrogen-bond donors (Lipinski definition) is 2. The standard InChI is InChI=1S/C23H31N3O.2ClH/c1-18-9-7-8-14-26(18)17-21-13-6-5-12-20(21)16-25-23(27)15-22(24)19-10-3-2-4-11-19;;/h2-6,10-13,18,22H,7-9,14-17,24H2,1H3,(H,25,27);2*1H. The third-order valence-corrected chi connectivity index (χ3v) is 5.54. The third-order valence-electron chi connectivity index (χ3n) is 5.54. The van der Waals surface area contributed by atoms with Gasteiger partial charge in [-0.05, 0) is 43.0 Å². The molecule has 0 radical (unpaired) electrons. The second-order valence-electron chi connectivity index (χ2n) is 7.58. The normalized spacial score (nSPS) is 17.5. The number of nitrogens with one attached hydrogen (secondary N) is 1. The van der Waals surface area contributed by atoms with Crippen molar-refractivity contribution in [1.29, 1.82) is 0 Å². The lowest BCUT2D eigenvalue weighted by Gasteiger charge is -2.33. The summed E-state index contributed by atoms with van der Waals surface area (Å²) in [6.45, 7) is 4.98. The second-order valence-corrected chi connectivity index (χ2v) is 7.58. The van der Waals surface area contributed by atoms with Gasteiger partial charge in [-0.3, -0.25) is 9.69 Å². The summed E-state index contributed by atoms with van der Waals surface area (Å²) in [7, 11) is 0. The number of nitrogens with zero attached hydrogens (tertiary/aromatic N) is 1. The van der Waals surface area contributed by atoms with Crippen LogP contribution in [0.5, 0.6) is 0 Å². The predicted molar refractivity (Wildman–Crippen MR) is 124 cm³/mol. The molecule has 3 N–H and O–H groups in total. The molecule has 1 saturated heterocycles. The van der Waals surface area contributed by atoms with Crippen molar-refractivity contribution in [2.75, 3.05) is 6.54 Å². The minimum atomic E-state index is -0.268. The molecule has 2 unspecified atom stereocenters. The first kappa shape index (κ1) is 25.4. The van der Waals surface area contributed by atoms with Gasteiger partial charge in [0.2, 0.25) is 5.91 Å². The van der Waals surface area contributed by atoms with Gasteiger partial charge < -0.3 is 11.1 Å². The van der Waals surface area contributed by atoms with Crippen LogP contribution < -0.4 is 11.1 Å². The molecule has 6 heteroatoms. The Balaban J connectivity index is 0.00000210. The number of rotatable bonds is 7. The lowest BCUT2D eigenvalue weighted by atomic mass is 10.0. The predicted octanol–water partition coefficient (Wildman–Crippen LogP) is 4.61. The number of amides is 1. The van der Waals surface area contributed by atoms with Crippen LogP contribution in [-0.2, 0) is 17.9 Å². The van der Waals surface area contributed by atoms with Crippen LogP contribution in [0.25, 0.3) is 0 Å². The molecule has 1 fully saturated rings. The Bertz CT molecular complexity index is 742. The van der Waals surface area contributed by atoms with Gasteiger partial charge >= 0.3 is 0 Å². The largest absolute Gasteiger partial charge is 0.352 e. The topological polar surface area (TPSA) is 58.4 Å². The van der Waals surface area contributed by atoms with Gasteiger partial charge in [-0.1, -0.05) is 61.0 Å². The van der Waals surface area contributed by atoms with E-state index >= 15 is 0 Å². The van der Waals surface area contributed by atoms with Crippen LogP contribution in [0, 0.1) is 0 Å². The van der Waals surface area contributed by atoms with Crippen molar-refractivity contribution >= 4 is 30.7 Å². The molecule has 2 aromatic carbocycles. The Kier molecular flexibility index (Phi) is 11.3. The van der Waals surface area contributed by atoms with E-state index in [2.05, 4.69) is 35.3 Å². The van der Waals surface area contributed by atoms with E-state index in [1.807, 2.05) is 36.4 Å². The van der Waals surface area contributed by atoms with Gasteiger partial charge in [-0.15, -0.1) is 24.8 Å². The average molecular weight is 438 g/mol. The Morgan fingerprint density at radius 1 is 1.07 bits per heavy atom. The molecule has 29 heavy (non-hydrogen) atoms. The van der Waals surface area contributed by atoms with Crippen molar-refractivity contribution in [3.05, 3.63) is 71.3 Å². The number of benzene rings is 2. The number of piperidine rings is 1. The maximum atomic E-state index is 12.4. The fourth-order valence-corrected chi connectivity index (χ4v) is 3.78. The monoisotopic (exact) mass is 437 g/mol. The summed E-state index contributed by atoms with van der Waals surface area (Å²) in [4.78, 5) is 14.9. The van der Waals surface area contributed by atoms with Crippen LogP contribution in [0.4, 0.5) is 0 Å². The highest BCUT2D eigenvalue weighted by atomic mass is 35.5. The Morgan fingerprint density at radius 2 is 1.72 bits per heavy atom. The highest BCUT2D eigenvalue weighted by Crippen LogP contribution is 2.21. The Labute approximate surface area is 187 Å². The minimum Gasteiger partial charge on any atom is -0.352 e. The van der Waals surface area contributed by atoms with Crippen LogP contribution in [0.2, 0.25) is 0 Å². The molecule has 1 aliphatic heterocycles. The zero-order valence-electron chi connectivity index (χ0n) is 17.0. The summed E-state index contributed by atoms with van der Waals surface area (Å²) >= 11 is 0. The highest BCUT2D eigenvalue weighted by Gasteiger charge is 2.19. The van der Waals surface area contributed by atoms with Gasteiger partial charge in [-0.2, -0.15) is 0 Å². The molecule has 3 rings (SSSR count). The summed E-state index contributed by atoms with van der Waals surface area (Å²) in [6, 6.07) is 18.6. The van der Waals surface area contributed by atoms with Crippen LogP contribution in [0.3, 0.4) is 0 Å². The smallest absolute Gasteiger partial charge is 0.222 e.